The van der Waals surface area contributed by atoms with Crippen LogP contribution in [0.4, 0.5) is 23.1 Å². The smallest absolute Gasteiger partial charge is 0.303 e. The number of para-hydroxylation sites is 1. The average Bonchev–Trinajstić information content (AvgIpc) is 2.82. The summed E-state index contributed by atoms with van der Waals surface area (Å²) in [5.41, 5.74) is 9.88. The van der Waals surface area contributed by atoms with E-state index in [0.29, 0.717) is 17.0 Å². The van der Waals surface area contributed by atoms with Gasteiger partial charge in [-0.2, -0.15) is 4.98 Å². The van der Waals surface area contributed by atoms with Crippen LogP contribution >= 0.6 is 16.1 Å². The lowest BCUT2D eigenvalue weighted by molar-refractivity contribution is -0.138. The second-order valence-electron chi connectivity index (χ2n) is 7.28. The molecule has 0 radical (unpaired) electrons. The van der Waals surface area contributed by atoms with Crippen LogP contribution in [-0.4, -0.2) is 27.0 Å². The molecular weight excluding hydrogens is 486 g/mol. The molecule has 0 saturated carbocycles. The van der Waals surface area contributed by atoms with E-state index >= 15 is 0 Å². The summed E-state index contributed by atoms with van der Waals surface area (Å²) >= 11 is 3.59. The van der Waals surface area contributed by atoms with Crippen molar-refractivity contribution >= 4 is 62.1 Å². The molecule has 1 heterocycles. The Balaban J connectivity index is 1.69. The van der Waals surface area contributed by atoms with E-state index in [1.807, 2.05) is 66.7 Å². The number of halogens is 1. The summed E-state index contributed by atoms with van der Waals surface area (Å²) in [6, 6.07) is 22.8. The van der Waals surface area contributed by atoms with Crippen LogP contribution in [0.15, 0.2) is 72.8 Å². The highest BCUT2D eigenvalue weighted by Gasteiger charge is 2.15. The summed E-state index contributed by atoms with van der Waals surface area (Å²) in [7, 11) is 0. The lowest BCUT2D eigenvalue weighted by atomic mass is 10.0. The molecule has 0 bridgehead atoms. The molecule has 3 aromatic carbocycles. The van der Waals surface area contributed by atoms with Crippen molar-refractivity contribution in [2.24, 2.45) is 0 Å². The number of amides is 1. The Morgan fingerprint density at radius 3 is 2.45 bits per heavy atom. The fraction of sp³-hybridized carbons (Fsp3) is 0.0833. The standard InChI is InChI=1S/C24H20BrN5O3/c25-30(18-7-2-1-3-8-18)23-19-14-16(9-10-20(19)28-24(26)29-23)15-5-4-6-17(13-15)27-21(31)11-12-22(32)33/h1-10,13-14H,11-12H2,(H,27,31)(H,32,33)(H2,26,28,29). The zero-order valence-corrected chi connectivity index (χ0v) is 19.0. The SMILES string of the molecule is Nc1nc(N(Br)c2ccccc2)c2cc(-c3cccc(NC(=O)CCC(=O)O)c3)ccc2n1. The summed E-state index contributed by atoms with van der Waals surface area (Å²) in [5.74, 6) is -0.595. The van der Waals surface area contributed by atoms with Crippen LogP contribution in [0.1, 0.15) is 12.8 Å². The van der Waals surface area contributed by atoms with Crippen LogP contribution in [0.3, 0.4) is 0 Å². The molecule has 0 unspecified atom stereocenters. The van der Waals surface area contributed by atoms with Crippen LogP contribution in [0.2, 0.25) is 0 Å². The van der Waals surface area contributed by atoms with Gasteiger partial charge in [0.25, 0.3) is 0 Å². The largest absolute Gasteiger partial charge is 0.481 e. The number of carboxylic acids is 1. The van der Waals surface area contributed by atoms with Crippen molar-refractivity contribution in [1.29, 1.82) is 0 Å². The predicted octanol–water partition coefficient (Wildman–Crippen LogP) is 5.13. The topological polar surface area (TPSA) is 121 Å². The first-order valence-corrected chi connectivity index (χ1v) is 10.8. The minimum atomic E-state index is -1.01. The Bertz CT molecular complexity index is 1330. The molecular formula is C24H20BrN5O3. The molecule has 166 valence electrons. The van der Waals surface area contributed by atoms with Gasteiger partial charge in [-0.25, -0.2) is 4.98 Å². The fourth-order valence-electron chi connectivity index (χ4n) is 3.36. The van der Waals surface area contributed by atoms with Gasteiger partial charge >= 0.3 is 5.97 Å². The third-order valence-corrected chi connectivity index (χ3v) is 5.65. The van der Waals surface area contributed by atoms with E-state index in [-0.39, 0.29) is 24.7 Å². The number of aromatic nitrogens is 2. The van der Waals surface area contributed by atoms with E-state index in [9.17, 15) is 9.59 Å². The van der Waals surface area contributed by atoms with E-state index in [4.69, 9.17) is 10.8 Å². The summed E-state index contributed by atoms with van der Waals surface area (Å²) in [6.07, 6.45) is -0.301. The monoisotopic (exact) mass is 505 g/mol. The van der Waals surface area contributed by atoms with Gasteiger partial charge in [-0.1, -0.05) is 36.4 Å². The van der Waals surface area contributed by atoms with Gasteiger partial charge in [0.2, 0.25) is 11.9 Å². The number of fused-ring (bicyclic) bond motifs is 1. The fourth-order valence-corrected chi connectivity index (χ4v) is 3.87. The molecule has 1 amide bonds. The zero-order chi connectivity index (χ0) is 23.4. The number of nitrogens with one attached hydrogen (secondary N) is 1. The quantitative estimate of drug-likeness (QED) is 0.297. The molecule has 1 aromatic heterocycles. The Labute approximate surface area is 198 Å². The molecule has 4 rings (SSSR count). The zero-order valence-electron chi connectivity index (χ0n) is 17.4. The molecule has 4 N–H and O–H groups in total. The molecule has 33 heavy (non-hydrogen) atoms. The molecule has 0 aliphatic heterocycles. The van der Waals surface area contributed by atoms with Crippen LogP contribution in [0.5, 0.6) is 0 Å². The minimum absolute atomic E-state index is 0.0851. The summed E-state index contributed by atoms with van der Waals surface area (Å²) in [5, 5.41) is 12.3. The molecule has 0 atom stereocenters. The number of nitrogens with zero attached hydrogens (tertiary/aromatic N) is 3. The third kappa shape index (κ3) is 5.27. The van der Waals surface area contributed by atoms with Gasteiger partial charge in [-0.05, 0) is 47.5 Å². The first-order valence-electron chi connectivity index (χ1n) is 10.1. The van der Waals surface area contributed by atoms with Gasteiger partial charge in [-0.15, -0.1) is 0 Å². The van der Waals surface area contributed by atoms with Crippen molar-refractivity contribution in [3.05, 3.63) is 72.8 Å². The maximum atomic E-state index is 12.0. The average molecular weight is 506 g/mol. The molecule has 8 nitrogen and oxygen atoms in total. The number of rotatable bonds is 7. The van der Waals surface area contributed by atoms with Gasteiger partial charge in [0.1, 0.15) is 0 Å². The highest BCUT2D eigenvalue weighted by molar-refractivity contribution is 9.10. The number of carbonyl (C=O) groups is 2. The van der Waals surface area contributed by atoms with Crippen LogP contribution in [0.25, 0.3) is 22.0 Å². The van der Waals surface area contributed by atoms with E-state index < -0.39 is 5.97 Å². The first kappa shape index (κ1) is 22.2. The Morgan fingerprint density at radius 1 is 0.939 bits per heavy atom. The molecule has 4 aromatic rings. The second-order valence-corrected chi connectivity index (χ2v) is 7.99. The van der Waals surface area contributed by atoms with Crippen LogP contribution in [0, 0.1) is 0 Å². The van der Waals surface area contributed by atoms with Crippen molar-refractivity contribution in [1.82, 2.24) is 9.97 Å². The number of nitrogen functional groups attached to an aromatic ring is 1. The Hall–Kier alpha value is -3.98. The number of carboxylic acid groups (broad SMARTS) is 1. The van der Waals surface area contributed by atoms with Gasteiger partial charge in [0.15, 0.2) is 5.82 Å². The second kappa shape index (κ2) is 9.66. The summed E-state index contributed by atoms with van der Waals surface area (Å²) < 4.78 is 1.77. The number of anilines is 4. The van der Waals surface area contributed by atoms with E-state index in [2.05, 4.69) is 31.4 Å². The maximum absolute atomic E-state index is 12.0. The number of hydrogen-bond acceptors (Lipinski definition) is 6. The number of hydrogen-bond donors (Lipinski definition) is 3. The maximum Gasteiger partial charge on any atom is 0.303 e. The highest BCUT2D eigenvalue weighted by atomic mass is 79.9. The Kier molecular flexibility index (Phi) is 6.50. The van der Waals surface area contributed by atoms with Gasteiger partial charge in [0.05, 0.1) is 33.8 Å². The van der Waals surface area contributed by atoms with Crippen molar-refractivity contribution < 1.29 is 14.7 Å². The van der Waals surface area contributed by atoms with Crippen molar-refractivity contribution in [2.75, 3.05) is 15.0 Å². The highest BCUT2D eigenvalue weighted by Crippen LogP contribution is 2.35. The van der Waals surface area contributed by atoms with Crippen LogP contribution in [-0.2, 0) is 9.59 Å². The first-order chi connectivity index (χ1) is 15.9. The molecule has 9 heteroatoms. The van der Waals surface area contributed by atoms with Gasteiger partial charge in [-0.3, -0.25) is 13.5 Å². The van der Waals surface area contributed by atoms with Gasteiger partial charge in [0, 0.05) is 17.5 Å². The van der Waals surface area contributed by atoms with E-state index in [1.54, 1.807) is 9.99 Å². The molecule has 0 saturated heterocycles. The van der Waals surface area contributed by atoms with Crippen molar-refractivity contribution in [2.45, 2.75) is 12.8 Å². The normalized spacial score (nSPS) is 10.7. The molecule has 0 spiro atoms. The molecule has 0 aliphatic rings. The van der Waals surface area contributed by atoms with Gasteiger partial charge < -0.3 is 16.2 Å². The predicted molar refractivity (Wildman–Crippen MR) is 132 cm³/mol. The lowest BCUT2D eigenvalue weighted by Gasteiger charge is -2.18. The number of nitrogens with two attached hydrogens (primary N) is 1. The summed E-state index contributed by atoms with van der Waals surface area (Å²) in [4.78, 5) is 31.5. The van der Waals surface area contributed by atoms with E-state index in [1.165, 1.54) is 0 Å². The summed E-state index contributed by atoms with van der Waals surface area (Å²) in [6.45, 7) is 0. The van der Waals surface area contributed by atoms with Crippen LogP contribution < -0.4 is 15.0 Å². The number of carbonyl (C=O) groups excluding carboxylic acids is 1. The third-order valence-electron chi connectivity index (χ3n) is 4.91. The molecule has 0 fully saturated rings. The molecule has 0 aliphatic carbocycles. The lowest BCUT2D eigenvalue weighted by Crippen LogP contribution is -2.13. The number of benzene rings is 3. The van der Waals surface area contributed by atoms with E-state index in [0.717, 1.165) is 22.2 Å². The Morgan fingerprint density at radius 2 is 1.70 bits per heavy atom. The number of aliphatic carboxylic acids is 1. The van der Waals surface area contributed by atoms with Crippen molar-refractivity contribution in [3.63, 3.8) is 0 Å². The minimum Gasteiger partial charge on any atom is -0.481 e. The van der Waals surface area contributed by atoms with Crippen molar-refractivity contribution in [3.8, 4) is 11.1 Å².